The number of nitrogens with zero attached hydrogens (tertiary/aromatic N) is 7. The second-order valence-corrected chi connectivity index (χ2v) is 10.7. The average Bonchev–Trinajstić information content (AvgIpc) is 3.44. The number of hydrogen-bond donors (Lipinski definition) is 1. The lowest BCUT2D eigenvalue weighted by Crippen LogP contribution is -2.63. The highest BCUT2D eigenvalue weighted by molar-refractivity contribution is 6.06. The third kappa shape index (κ3) is 4.34. The largest absolute Gasteiger partial charge is 0.381 e. The molecule has 196 valence electrons. The minimum atomic E-state index is -0.687. The third-order valence-electron chi connectivity index (χ3n) is 8.02. The number of piperazine rings is 1. The van der Waals surface area contributed by atoms with E-state index in [4.69, 9.17) is 4.74 Å². The van der Waals surface area contributed by atoms with Gasteiger partial charge in [-0.2, -0.15) is 15.3 Å². The van der Waals surface area contributed by atoms with Gasteiger partial charge in [-0.05, 0) is 52.7 Å². The summed E-state index contributed by atoms with van der Waals surface area (Å²) in [6, 6.07) is 5.70. The van der Waals surface area contributed by atoms with Crippen molar-refractivity contribution in [2.24, 2.45) is 0 Å². The second-order valence-electron chi connectivity index (χ2n) is 10.7. The summed E-state index contributed by atoms with van der Waals surface area (Å²) in [6.07, 6.45) is 5.51. The van der Waals surface area contributed by atoms with Crippen molar-refractivity contribution >= 4 is 17.8 Å². The Morgan fingerprint density at radius 2 is 1.95 bits per heavy atom. The van der Waals surface area contributed by atoms with E-state index in [2.05, 4.69) is 33.9 Å². The highest BCUT2D eigenvalue weighted by atomic mass is 16.5. The summed E-state index contributed by atoms with van der Waals surface area (Å²) in [4.78, 5) is 38.3. The maximum atomic E-state index is 14.0. The number of nitrogens with one attached hydrogen (secondary N) is 1. The number of carbonyl (C=O) groups excluding carboxylic acids is 2. The summed E-state index contributed by atoms with van der Waals surface area (Å²) in [5.74, 6) is -0.353. The summed E-state index contributed by atoms with van der Waals surface area (Å²) in [5, 5.41) is 17.2. The Labute approximate surface area is 217 Å². The molecule has 0 saturated carbocycles. The molecule has 0 radical (unpaired) electrons. The maximum Gasteiger partial charge on any atom is 0.321 e. The number of aromatic nitrogens is 3. The van der Waals surface area contributed by atoms with Crippen molar-refractivity contribution < 1.29 is 14.3 Å². The van der Waals surface area contributed by atoms with Gasteiger partial charge in [-0.15, -0.1) is 0 Å². The number of ether oxygens (including phenoxy) is 1. The lowest BCUT2D eigenvalue weighted by atomic mass is 9.99. The van der Waals surface area contributed by atoms with Crippen LogP contribution in [0.15, 0.2) is 24.4 Å². The number of fused-ring (bicyclic) bond motifs is 1. The molecule has 0 aliphatic carbocycles. The number of amides is 3. The molecule has 11 heteroatoms. The molecule has 2 fully saturated rings. The molecule has 0 unspecified atom stereocenters. The van der Waals surface area contributed by atoms with Crippen molar-refractivity contribution in [1.82, 2.24) is 29.9 Å². The first-order valence-electron chi connectivity index (χ1n) is 12.9. The molecule has 3 aliphatic heterocycles. The zero-order valence-corrected chi connectivity index (χ0v) is 21.8. The van der Waals surface area contributed by atoms with Crippen LogP contribution in [0.5, 0.6) is 0 Å². The fraction of sp³-hybridized carbons (Fsp3) is 0.577. The molecule has 0 spiro atoms. The van der Waals surface area contributed by atoms with E-state index in [1.54, 1.807) is 18.2 Å². The molecule has 2 saturated heterocycles. The Morgan fingerprint density at radius 1 is 1.19 bits per heavy atom. The van der Waals surface area contributed by atoms with Crippen LogP contribution in [0.4, 0.5) is 10.6 Å². The number of H-pyrrole nitrogens is 1. The molecular formula is C26H34N8O3. The minimum Gasteiger partial charge on any atom is -0.381 e. The van der Waals surface area contributed by atoms with E-state index >= 15 is 0 Å². The molecule has 2 aromatic rings. The van der Waals surface area contributed by atoms with Crippen LogP contribution in [0.2, 0.25) is 0 Å². The monoisotopic (exact) mass is 506 g/mol. The molecule has 2 atom stereocenters. The van der Waals surface area contributed by atoms with Crippen molar-refractivity contribution in [1.29, 1.82) is 5.26 Å². The number of urea groups is 1. The zero-order valence-electron chi connectivity index (χ0n) is 21.8. The SMILES string of the molecule is C[C@@H]1CN(C(=O)N2Cc3c(N(C#N)C(=O)c4ccccn4)n[nH]c3C2(C)C)[C@@H](C)CN1C1CCOCC1. The summed E-state index contributed by atoms with van der Waals surface area (Å²) in [5.41, 5.74) is 0.863. The molecule has 37 heavy (non-hydrogen) atoms. The quantitative estimate of drug-likeness (QED) is 0.502. The van der Waals surface area contributed by atoms with Crippen LogP contribution >= 0.6 is 0 Å². The van der Waals surface area contributed by atoms with Gasteiger partial charge in [0.1, 0.15) is 5.69 Å². The fourth-order valence-electron chi connectivity index (χ4n) is 5.89. The van der Waals surface area contributed by atoms with Gasteiger partial charge in [-0.25, -0.2) is 4.79 Å². The van der Waals surface area contributed by atoms with Crippen molar-refractivity contribution in [2.75, 3.05) is 31.2 Å². The molecule has 11 nitrogen and oxygen atoms in total. The molecule has 2 aromatic heterocycles. The molecule has 0 aromatic carbocycles. The van der Waals surface area contributed by atoms with Crippen LogP contribution in [0.25, 0.3) is 0 Å². The van der Waals surface area contributed by atoms with Gasteiger partial charge in [-0.3, -0.25) is 19.8 Å². The second kappa shape index (κ2) is 9.76. The predicted octanol–water partition coefficient (Wildman–Crippen LogP) is 2.68. The molecule has 1 N–H and O–H groups in total. The Hall–Kier alpha value is -3.49. The lowest BCUT2D eigenvalue weighted by Gasteiger charge is -2.49. The Balaban J connectivity index is 1.35. The number of pyridine rings is 1. The van der Waals surface area contributed by atoms with E-state index in [1.807, 2.05) is 29.8 Å². The van der Waals surface area contributed by atoms with Gasteiger partial charge in [-0.1, -0.05) is 6.07 Å². The van der Waals surface area contributed by atoms with Gasteiger partial charge >= 0.3 is 6.03 Å². The first-order valence-corrected chi connectivity index (χ1v) is 12.9. The molecule has 3 aliphatic rings. The number of carbonyl (C=O) groups is 2. The summed E-state index contributed by atoms with van der Waals surface area (Å²) >= 11 is 0. The molecule has 3 amide bonds. The van der Waals surface area contributed by atoms with E-state index < -0.39 is 11.4 Å². The Kier molecular flexibility index (Phi) is 6.64. The van der Waals surface area contributed by atoms with Crippen LogP contribution in [-0.4, -0.2) is 86.2 Å². The average molecular weight is 507 g/mol. The first kappa shape index (κ1) is 25.2. The smallest absolute Gasteiger partial charge is 0.321 e. The normalized spacial score (nSPS) is 24.0. The Bertz CT molecular complexity index is 1200. The van der Waals surface area contributed by atoms with E-state index in [1.165, 1.54) is 6.20 Å². The summed E-state index contributed by atoms with van der Waals surface area (Å²) < 4.78 is 5.55. The summed E-state index contributed by atoms with van der Waals surface area (Å²) in [7, 11) is 0. The van der Waals surface area contributed by atoms with Crippen LogP contribution in [0.1, 0.15) is 62.3 Å². The van der Waals surface area contributed by atoms with Crippen molar-refractivity contribution in [2.45, 2.75) is 70.7 Å². The first-order chi connectivity index (χ1) is 17.7. The van der Waals surface area contributed by atoms with Crippen molar-refractivity contribution in [3.05, 3.63) is 41.3 Å². The van der Waals surface area contributed by atoms with Crippen LogP contribution in [0, 0.1) is 11.5 Å². The van der Waals surface area contributed by atoms with E-state index in [9.17, 15) is 14.9 Å². The molecule has 5 heterocycles. The standard InChI is InChI=1S/C26H34N8O3/c1-17-14-32(18(2)13-31(17)19-8-11-37-12-9-19)25(36)34-15-20-22(26(34,3)4)29-30-23(20)33(16-27)24(35)21-7-5-6-10-28-21/h5-7,10,17-19H,8-9,11-15H2,1-4H3,(H,29,30)/t17-,18+/m1/s1. The number of aromatic amines is 1. The van der Waals surface area contributed by atoms with Crippen molar-refractivity contribution in [3.8, 4) is 6.19 Å². The van der Waals surface area contributed by atoms with Crippen molar-refractivity contribution in [3.63, 3.8) is 0 Å². The molecular weight excluding hydrogens is 472 g/mol. The van der Waals surface area contributed by atoms with Crippen LogP contribution in [-0.2, 0) is 16.8 Å². The lowest BCUT2D eigenvalue weighted by molar-refractivity contribution is -0.0237. The van der Waals surface area contributed by atoms with Gasteiger partial charge in [0.05, 0.1) is 17.8 Å². The highest BCUT2D eigenvalue weighted by Gasteiger charge is 2.48. The van der Waals surface area contributed by atoms with Gasteiger partial charge in [0.15, 0.2) is 12.0 Å². The molecule has 0 bridgehead atoms. The van der Waals surface area contributed by atoms with Gasteiger partial charge in [0.2, 0.25) is 0 Å². The minimum absolute atomic E-state index is 0.0499. The van der Waals surface area contributed by atoms with Gasteiger partial charge in [0, 0.05) is 56.2 Å². The number of nitriles is 1. The highest BCUT2D eigenvalue weighted by Crippen LogP contribution is 2.42. The maximum absolute atomic E-state index is 14.0. The van der Waals surface area contributed by atoms with Crippen LogP contribution in [0.3, 0.4) is 0 Å². The number of hydrogen-bond acceptors (Lipinski definition) is 7. The number of rotatable bonds is 3. The van der Waals surface area contributed by atoms with E-state index in [0.717, 1.165) is 43.2 Å². The summed E-state index contributed by atoms with van der Waals surface area (Å²) in [6.45, 7) is 11.5. The zero-order chi connectivity index (χ0) is 26.3. The Morgan fingerprint density at radius 3 is 2.62 bits per heavy atom. The fourth-order valence-corrected chi connectivity index (χ4v) is 5.89. The predicted molar refractivity (Wildman–Crippen MR) is 135 cm³/mol. The van der Waals surface area contributed by atoms with Crippen LogP contribution < -0.4 is 4.90 Å². The van der Waals surface area contributed by atoms with Gasteiger partial charge in [0.25, 0.3) is 5.91 Å². The molecule has 5 rings (SSSR count). The van der Waals surface area contributed by atoms with E-state index in [0.29, 0.717) is 18.2 Å². The number of anilines is 1. The third-order valence-corrected chi connectivity index (χ3v) is 8.02. The topological polar surface area (TPSA) is 122 Å². The van der Waals surface area contributed by atoms with E-state index in [-0.39, 0.29) is 36.2 Å². The van der Waals surface area contributed by atoms with Gasteiger partial charge < -0.3 is 14.5 Å².